The minimum atomic E-state index is -4.51. The Bertz CT molecular complexity index is 668. The second-order valence-electron chi connectivity index (χ2n) is 4.45. The van der Waals surface area contributed by atoms with Gasteiger partial charge in [0.1, 0.15) is 0 Å². The first-order valence-electron chi connectivity index (χ1n) is 6.37. The number of rotatable bonds is 4. The maximum Gasteiger partial charge on any atom is 0.417 e. The zero-order chi connectivity index (χ0) is 15.5. The average molecular weight is 310 g/mol. The number of alkyl halides is 3. The van der Waals surface area contributed by atoms with Gasteiger partial charge in [-0.15, -0.1) is 11.3 Å². The molecule has 0 unspecified atom stereocenters. The number of nitriles is 1. The molecule has 2 rings (SSSR count). The van der Waals surface area contributed by atoms with Gasteiger partial charge in [-0.05, 0) is 36.8 Å². The van der Waals surface area contributed by atoms with Crippen molar-refractivity contribution in [3.05, 3.63) is 51.2 Å². The second-order valence-corrected chi connectivity index (χ2v) is 5.70. The first-order chi connectivity index (χ1) is 9.94. The highest BCUT2D eigenvalue weighted by Gasteiger charge is 2.33. The summed E-state index contributed by atoms with van der Waals surface area (Å²) in [6.45, 7) is 2.60. The number of hydrogen-bond acceptors (Lipinski definition) is 3. The first kappa shape index (κ1) is 15.4. The molecule has 0 radical (unpaired) electrons. The lowest BCUT2D eigenvalue weighted by Crippen LogP contribution is -2.08. The molecule has 2 nitrogen and oxygen atoms in total. The van der Waals surface area contributed by atoms with Crippen molar-refractivity contribution in [3.8, 4) is 6.07 Å². The summed E-state index contributed by atoms with van der Waals surface area (Å²) in [7, 11) is 0. The zero-order valence-electron chi connectivity index (χ0n) is 11.3. The van der Waals surface area contributed by atoms with Crippen LogP contribution in [0, 0.1) is 11.3 Å². The standard InChI is InChI=1S/C15H13F3N2S/c1-2-12-4-5-13(21-12)9-20-11-3-6-14(15(16,17)18)10(7-11)8-19/h3-7,20H,2,9H2,1H3. The van der Waals surface area contributed by atoms with E-state index in [9.17, 15) is 13.2 Å². The van der Waals surface area contributed by atoms with E-state index in [4.69, 9.17) is 5.26 Å². The highest BCUT2D eigenvalue weighted by atomic mass is 32.1. The fourth-order valence-corrected chi connectivity index (χ4v) is 2.79. The third-order valence-electron chi connectivity index (χ3n) is 2.98. The summed E-state index contributed by atoms with van der Waals surface area (Å²) in [5.74, 6) is 0. The predicted octanol–water partition coefficient (Wildman–Crippen LogP) is 4.81. The molecular formula is C15H13F3N2S. The van der Waals surface area contributed by atoms with E-state index in [1.807, 2.05) is 12.1 Å². The van der Waals surface area contributed by atoms with Crippen LogP contribution in [0.25, 0.3) is 0 Å². The molecule has 1 aromatic carbocycles. The summed E-state index contributed by atoms with van der Waals surface area (Å²) in [5, 5.41) is 11.9. The third-order valence-corrected chi connectivity index (χ3v) is 4.21. The van der Waals surface area contributed by atoms with E-state index in [1.54, 1.807) is 17.4 Å². The highest BCUT2D eigenvalue weighted by molar-refractivity contribution is 7.12. The third kappa shape index (κ3) is 3.76. The molecule has 0 bridgehead atoms. The summed E-state index contributed by atoms with van der Waals surface area (Å²) in [6, 6.07) is 9.14. The molecular weight excluding hydrogens is 297 g/mol. The van der Waals surface area contributed by atoms with Crippen LogP contribution in [-0.4, -0.2) is 0 Å². The first-order valence-corrected chi connectivity index (χ1v) is 7.18. The number of nitrogens with zero attached hydrogens (tertiary/aromatic N) is 1. The maximum atomic E-state index is 12.7. The number of halogens is 3. The zero-order valence-corrected chi connectivity index (χ0v) is 12.1. The Morgan fingerprint density at radius 3 is 2.48 bits per heavy atom. The molecule has 0 spiro atoms. The second kappa shape index (κ2) is 6.19. The van der Waals surface area contributed by atoms with Crippen molar-refractivity contribution in [2.45, 2.75) is 26.1 Å². The minimum Gasteiger partial charge on any atom is -0.380 e. The van der Waals surface area contributed by atoms with Crippen molar-refractivity contribution < 1.29 is 13.2 Å². The quantitative estimate of drug-likeness (QED) is 0.879. The molecule has 21 heavy (non-hydrogen) atoms. The molecule has 110 valence electrons. The van der Waals surface area contributed by atoms with E-state index in [-0.39, 0.29) is 5.56 Å². The van der Waals surface area contributed by atoms with Crippen molar-refractivity contribution >= 4 is 17.0 Å². The fraction of sp³-hybridized carbons (Fsp3) is 0.267. The Hall–Kier alpha value is -2.00. The number of nitrogens with one attached hydrogen (secondary N) is 1. The molecule has 1 aromatic heterocycles. The van der Waals surface area contributed by atoms with Gasteiger partial charge >= 0.3 is 6.18 Å². The lowest BCUT2D eigenvalue weighted by Gasteiger charge is -2.11. The van der Waals surface area contributed by atoms with Gasteiger partial charge in [0, 0.05) is 22.0 Å². The largest absolute Gasteiger partial charge is 0.417 e. The van der Waals surface area contributed by atoms with Gasteiger partial charge in [-0.25, -0.2) is 0 Å². The number of aryl methyl sites for hydroxylation is 1. The molecule has 1 heterocycles. The van der Waals surface area contributed by atoms with Crippen LogP contribution in [0.15, 0.2) is 30.3 Å². The average Bonchev–Trinajstić information content (AvgIpc) is 2.91. The number of anilines is 1. The topological polar surface area (TPSA) is 35.8 Å². The van der Waals surface area contributed by atoms with Crippen LogP contribution in [0.3, 0.4) is 0 Å². The van der Waals surface area contributed by atoms with E-state index in [0.717, 1.165) is 17.4 Å². The molecule has 1 N–H and O–H groups in total. The van der Waals surface area contributed by atoms with Crippen LogP contribution in [-0.2, 0) is 19.1 Å². The van der Waals surface area contributed by atoms with Gasteiger partial charge in [-0.1, -0.05) is 6.92 Å². The summed E-state index contributed by atoms with van der Waals surface area (Å²) >= 11 is 1.66. The van der Waals surface area contributed by atoms with Crippen LogP contribution in [0.4, 0.5) is 18.9 Å². The van der Waals surface area contributed by atoms with Crippen LogP contribution in [0.2, 0.25) is 0 Å². The molecule has 0 aliphatic carbocycles. The molecule has 0 aliphatic heterocycles. The predicted molar refractivity (Wildman–Crippen MR) is 77.2 cm³/mol. The van der Waals surface area contributed by atoms with Gasteiger partial charge in [-0.2, -0.15) is 18.4 Å². The molecule has 0 aliphatic rings. The van der Waals surface area contributed by atoms with E-state index in [2.05, 4.69) is 12.2 Å². The Kier molecular flexibility index (Phi) is 4.53. The Morgan fingerprint density at radius 2 is 1.90 bits per heavy atom. The summed E-state index contributed by atoms with van der Waals surface area (Å²) < 4.78 is 38.1. The van der Waals surface area contributed by atoms with Crippen molar-refractivity contribution in [2.75, 3.05) is 5.32 Å². The molecule has 0 amide bonds. The van der Waals surface area contributed by atoms with E-state index in [0.29, 0.717) is 12.2 Å². The lowest BCUT2D eigenvalue weighted by atomic mass is 10.1. The minimum absolute atomic E-state index is 0.368. The van der Waals surface area contributed by atoms with Gasteiger partial charge in [-0.3, -0.25) is 0 Å². The number of hydrogen-bond donors (Lipinski definition) is 1. The fourth-order valence-electron chi connectivity index (χ4n) is 1.89. The van der Waals surface area contributed by atoms with Crippen LogP contribution < -0.4 is 5.32 Å². The monoisotopic (exact) mass is 310 g/mol. The molecule has 0 saturated heterocycles. The van der Waals surface area contributed by atoms with Crippen molar-refractivity contribution in [1.82, 2.24) is 0 Å². The van der Waals surface area contributed by atoms with Gasteiger partial charge < -0.3 is 5.32 Å². The van der Waals surface area contributed by atoms with Crippen LogP contribution in [0.1, 0.15) is 27.8 Å². The molecule has 0 saturated carbocycles. The van der Waals surface area contributed by atoms with Crippen LogP contribution in [0.5, 0.6) is 0 Å². The molecule has 6 heteroatoms. The van der Waals surface area contributed by atoms with Gasteiger partial charge in [0.2, 0.25) is 0 Å². The SMILES string of the molecule is CCc1ccc(CNc2ccc(C(F)(F)F)c(C#N)c2)s1. The van der Waals surface area contributed by atoms with E-state index in [1.165, 1.54) is 17.0 Å². The smallest absolute Gasteiger partial charge is 0.380 e. The van der Waals surface area contributed by atoms with Crippen molar-refractivity contribution in [3.63, 3.8) is 0 Å². The highest BCUT2D eigenvalue weighted by Crippen LogP contribution is 2.33. The van der Waals surface area contributed by atoms with E-state index >= 15 is 0 Å². The van der Waals surface area contributed by atoms with Crippen LogP contribution >= 0.6 is 11.3 Å². The summed E-state index contributed by atoms with van der Waals surface area (Å²) in [6.07, 6.45) is -3.54. The van der Waals surface area contributed by atoms with Gasteiger partial charge in [0.15, 0.2) is 0 Å². The molecule has 2 aromatic rings. The van der Waals surface area contributed by atoms with Gasteiger partial charge in [0.25, 0.3) is 0 Å². The molecule has 0 atom stereocenters. The Labute approximate surface area is 124 Å². The number of thiophene rings is 1. The normalized spacial score (nSPS) is 11.2. The maximum absolute atomic E-state index is 12.7. The van der Waals surface area contributed by atoms with E-state index < -0.39 is 11.7 Å². The van der Waals surface area contributed by atoms with Crippen molar-refractivity contribution in [2.24, 2.45) is 0 Å². The Balaban J connectivity index is 2.13. The summed E-state index contributed by atoms with van der Waals surface area (Å²) in [5.41, 5.74) is -0.765. The Morgan fingerprint density at radius 1 is 1.19 bits per heavy atom. The summed E-state index contributed by atoms with van der Waals surface area (Å²) in [4.78, 5) is 2.36. The van der Waals surface area contributed by atoms with Crippen molar-refractivity contribution in [1.29, 1.82) is 5.26 Å². The lowest BCUT2D eigenvalue weighted by molar-refractivity contribution is -0.137. The van der Waals surface area contributed by atoms with Gasteiger partial charge in [0.05, 0.1) is 17.2 Å². The molecule has 0 fully saturated rings. The number of benzene rings is 1.